The Bertz CT molecular complexity index is 928. The zero-order chi connectivity index (χ0) is 30.1. The van der Waals surface area contributed by atoms with Gasteiger partial charge in [-0.05, 0) is 51.4 Å². The summed E-state index contributed by atoms with van der Waals surface area (Å²) in [5, 5.41) is 5.40. The van der Waals surface area contributed by atoms with Gasteiger partial charge in [0.2, 0.25) is 17.7 Å². The number of hydrogen-bond acceptors (Lipinski definition) is 8. The maximum absolute atomic E-state index is 13.4. The van der Waals surface area contributed by atoms with Gasteiger partial charge in [-0.25, -0.2) is 0 Å². The standard InChI is InChI=1S/C23H45N13O4/c24-15(6-1-9-31-21(25)26)18(38)34-16(7-2-10-32-22(27)28)19(39)35-17(8-3-11-33-23(29)30)20(40)36-12-4-5-14(36)13-37/h13-17H,1-12,24H2,(H,34,38)(H,35,39)(H4,25,26,31)(H4,27,28,32)(H4,29,30,33)/t14-,15-,16-,17-/m0/s1. The molecule has 4 atom stereocenters. The molecule has 0 saturated carbocycles. The molecule has 0 aromatic rings. The van der Waals surface area contributed by atoms with Crippen LogP contribution < -0.4 is 50.8 Å². The average Bonchev–Trinajstić information content (AvgIpc) is 3.37. The number of nitrogens with two attached hydrogens (primary N) is 7. The molecular weight excluding hydrogens is 522 g/mol. The highest BCUT2D eigenvalue weighted by molar-refractivity contribution is 5.93. The van der Waals surface area contributed by atoms with Crippen LogP contribution in [0.5, 0.6) is 0 Å². The van der Waals surface area contributed by atoms with Crippen LogP contribution >= 0.6 is 0 Å². The van der Waals surface area contributed by atoms with E-state index in [9.17, 15) is 19.2 Å². The summed E-state index contributed by atoms with van der Waals surface area (Å²) in [4.78, 5) is 64.1. The maximum Gasteiger partial charge on any atom is 0.245 e. The Morgan fingerprint density at radius 1 is 0.775 bits per heavy atom. The van der Waals surface area contributed by atoms with E-state index >= 15 is 0 Å². The summed E-state index contributed by atoms with van der Waals surface area (Å²) in [6, 6.07) is -3.47. The minimum atomic E-state index is -1.03. The smallest absolute Gasteiger partial charge is 0.245 e. The van der Waals surface area contributed by atoms with E-state index in [4.69, 9.17) is 40.1 Å². The summed E-state index contributed by atoms with van der Waals surface area (Å²) in [6.07, 6.45) is 3.81. The van der Waals surface area contributed by atoms with Crippen molar-refractivity contribution in [1.29, 1.82) is 0 Å². The Kier molecular flexibility index (Phi) is 15.4. The van der Waals surface area contributed by atoms with Gasteiger partial charge in [0, 0.05) is 26.2 Å². The van der Waals surface area contributed by atoms with Gasteiger partial charge in [0.1, 0.15) is 18.4 Å². The molecule has 17 nitrogen and oxygen atoms in total. The van der Waals surface area contributed by atoms with Crippen molar-refractivity contribution >= 4 is 41.9 Å². The average molecular weight is 568 g/mol. The largest absolute Gasteiger partial charge is 0.370 e. The molecule has 1 rings (SSSR count). The van der Waals surface area contributed by atoms with Crippen LogP contribution in [0.15, 0.2) is 15.0 Å². The first kappa shape index (κ1) is 33.9. The number of nitrogens with zero attached hydrogens (tertiary/aromatic N) is 4. The monoisotopic (exact) mass is 567 g/mol. The number of hydrogen-bond donors (Lipinski definition) is 9. The van der Waals surface area contributed by atoms with Crippen LogP contribution in [0.1, 0.15) is 51.4 Å². The van der Waals surface area contributed by atoms with Gasteiger partial charge in [-0.2, -0.15) is 0 Å². The second-order valence-electron chi connectivity index (χ2n) is 9.45. The van der Waals surface area contributed by atoms with Crippen molar-refractivity contribution in [3.63, 3.8) is 0 Å². The van der Waals surface area contributed by atoms with E-state index in [1.54, 1.807) is 0 Å². The third kappa shape index (κ3) is 13.1. The fourth-order valence-corrected chi connectivity index (χ4v) is 4.14. The number of carbonyl (C=O) groups excluding carboxylic acids is 4. The molecule has 16 N–H and O–H groups in total. The SMILES string of the molecule is NC(N)=NCCC[C@H](NC(=O)[C@@H](N)CCCN=C(N)N)C(=O)N[C@@H](CCCN=C(N)N)C(=O)N1CCC[C@H]1C=O. The number of likely N-dealkylation sites (tertiary alicyclic amines) is 1. The van der Waals surface area contributed by atoms with E-state index in [0.29, 0.717) is 45.2 Å². The first-order valence-electron chi connectivity index (χ1n) is 13.2. The lowest BCUT2D eigenvalue weighted by molar-refractivity contribution is -0.139. The first-order chi connectivity index (χ1) is 19.0. The highest BCUT2D eigenvalue weighted by atomic mass is 16.2. The zero-order valence-corrected chi connectivity index (χ0v) is 22.8. The fourth-order valence-electron chi connectivity index (χ4n) is 4.14. The number of carbonyl (C=O) groups is 4. The Morgan fingerprint density at radius 2 is 1.25 bits per heavy atom. The number of nitrogens with one attached hydrogen (secondary N) is 2. The number of amides is 3. The number of aliphatic imine (C=N–C) groups is 3. The lowest BCUT2D eigenvalue weighted by Crippen LogP contribution is -2.56. The summed E-state index contributed by atoms with van der Waals surface area (Å²) in [5.74, 6) is -1.79. The van der Waals surface area contributed by atoms with E-state index in [0.717, 1.165) is 6.29 Å². The van der Waals surface area contributed by atoms with Crippen molar-refractivity contribution in [3.8, 4) is 0 Å². The van der Waals surface area contributed by atoms with Crippen LogP contribution in [0.3, 0.4) is 0 Å². The van der Waals surface area contributed by atoms with Crippen molar-refractivity contribution in [2.75, 3.05) is 26.2 Å². The molecule has 17 heteroatoms. The summed E-state index contributed by atoms with van der Waals surface area (Å²) in [6.45, 7) is 1.16. The van der Waals surface area contributed by atoms with Gasteiger partial charge in [-0.3, -0.25) is 29.4 Å². The highest BCUT2D eigenvalue weighted by Crippen LogP contribution is 2.18. The molecule has 0 aromatic carbocycles. The molecule has 40 heavy (non-hydrogen) atoms. The van der Waals surface area contributed by atoms with Gasteiger partial charge >= 0.3 is 0 Å². The van der Waals surface area contributed by atoms with Crippen molar-refractivity contribution in [1.82, 2.24) is 15.5 Å². The lowest BCUT2D eigenvalue weighted by Gasteiger charge is -2.28. The van der Waals surface area contributed by atoms with Gasteiger partial charge in [0.25, 0.3) is 0 Å². The second-order valence-corrected chi connectivity index (χ2v) is 9.45. The number of aldehydes is 1. The lowest BCUT2D eigenvalue weighted by atomic mass is 10.1. The first-order valence-corrected chi connectivity index (χ1v) is 13.2. The van der Waals surface area contributed by atoms with Crippen LogP contribution in [0.4, 0.5) is 0 Å². The molecule has 1 heterocycles. The van der Waals surface area contributed by atoms with Gasteiger partial charge in [0.05, 0.1) is 12.1 Å². The van der Waals surface area contributed by atoms with Crippen LogP contribution in [-0.4, -0.2) is 97.1 Å². The van der Waals surface area contributed by atoms with Crippen LogP contribution in [0, 0.1) is 0 Å². The van der Waals surface area contributed by atoms with E-state index in [-0.39, 0.29) is 50.2 Å². The van der Waals surface area contributed by atoms with Crippen molar-refractivity contribution < 1.29 is 19.2 Å². The van der Waals surface area contributed by atoms with Crippen LogP contribution in [0.2, 0.25) is 0 Å². The number of guanidine groups is 3. The Hall–Kier alpha value is -4.15. The molecule has 0 aromatic heterocycles. The molecule has 0 aliphatic carbocycles. The molecule has 1 aliphatic heterocycles. The maximum atomic E-state index is 13.4. The van der Waals surface area contributed by atoms with Gasteiger partial charge in [0.15, 0.2) is 17.9 Å². The molecule has 0 radical (unpaired) electrons. The Labute approximate surface area is 233 Å². The normalized spacial score (nSPS) is 16.6. The molecule has 1 saturated heterocycles. The fraction of sp³-hybridized carbons (Fsp3) is 0.696. The van der Waals surface area contributed by atoms with Gasteiger partial charge in [-0.15, -0.1) is 0 Å². The number of rotatable bonds is 18. The van der Waals surface area contributed by atoms with E-state index < -0.39 is 41.9 Å². The Balaban J connectivity index is 3.00. The molecular formula is C23H45N13O4. The molecule has 3 amide bonds. The molecule has 1 fully saturated rings. The topological polar surface area (TPSA) is 315 Å². The minimum Gasteiger partial charge on any atom is -0.370 e. The Morgan fingerprint density at radius 3 is 1.75 bits per heavy atom. The summed E-state index contributed by atoms with van der Waals surface area (Å²) >= 11 is 0. The molecule has 0 spiro atoms. The highest BCUT2D eigenvalue weighted by Gasteiger charge is 2.35. The van der Waals surface area contributed by atoms with Crippen molar-refractivity contribution in [2.24, 2.45) is 55.1 Å². The van der Waals surface area contributed by atoms with Crippen LogP contribution in [0.25, 0.3) is 0 Å². The van der Waals surface area contributed by atoms with E-state index in [1.807, 2.05) is 0 Å². The zero-order valence-electron chi connectivity index (χ0n) is 22.8. The van der Waals surface area contributed by atoms with Gasteiger partial charge in [-0.1, -0.05) is 0 Å². The predicted octanol–water partition coefficient (Wildman–Crippen LogP) is -4.37. The van der Waals surface area contributed by atoms with Crippen molar-refractivity contribution in [3.05, 3.63) is 0 Å². The third-order valence-corrected chi connectivity index (χ3v) is 6.18. The predicted molar refractivity (Wildman–Crippen MR) is 152 cm³/mol. The summed E-state index contributed by atoms with van der Waals surface area (Å²) < 4.78 is 0. The molecule has 226 valence electrons. The van der Waals surface area contributed by atoms with Crippen molar-refractivity contribution in [2.45, 2.75) is 75.5 Å². The van der Waals surface area contributed by atoms with E-state index in [1.165, 1.54) is 4.90 Å². The third-order valence-electron chi connectivity index (χ3n) is 6.18. The van der Waals surface area contributed by atoms with E-state index in [2.05, 4.69) is 25.6 Å². The van der Waals surface area contributed by atoms with Gasteiger partial charge < -0.3 is 60.5 Å². The summed E-state index contributed by atoms with van der Waals surface area (Å²) in [7, 11) is 0. The quantitative estimate of drug-likeness (QED) is 0.0329. The molecule has 0 bridgehead atoms. The molecule has 0 unspecified atom stereocenters. The summed E-state index contributed by atoms with van der Waals surface area (Å²) in [5.41, 5.74) is 38.1. The minimum absolute atomic E-state index is 0.0636. The second kappa shape index (κ2) is 18.2. The molecule has 1 aliphatic rings. The van der Waals surface area contributed by atoms with Crippen LogP contribution in [-0.2, 0) is 19.2 Å².